The van der Waals surface area contributed by atoms with Crippen molar-refractivity contribution in [2.75, 3.05) is 5.32 Å². The second-order valence-electron chi connectivity index (χ2n) is 8.05. The molecule has 172 valence electrons. The highest BCUT2D eigenvalue weighted by molar-refractivity contribution is 9.10. The first-order valence-electron chi connectivity index (χ1n) is 10.5. The van der Waals surface area contributed by atoms with Crippen molar-refractivity contribution in [1.82, 2.24) is 19.6 Å². The van der Waals surface area contributed by atoms with E-state index in [9.17, 15) is 4.79 Å². The van der Waals surface area contributed by atoms with Gasteiger partial charge in [-0.05, 0) is 74.1 Å². The van der Waals surface area contributed by atoms with E-state index in [0.29, 0.717) is 18.2 Å². The molecule has 0 saturated heterocycles. The maximum atomic E-state index is 12.9. The van der Waals surface area contributed by atoms with Crippen molar-refractivity contribution in [3.05, 3.63) is 79.0 Å². The minimum atomic E-state index is -0.152. The summed E-state index contributed by atoms with van der Waals surface area (Å²) in [4.78, 5) is 13.5. The zero-order chi connectivity index (χ0) is 23.7. The first-order chi connectivity index (χ1) is 15.7. The highest BCUT2D eigenvalue weighted by Crippen LogP contribution is 2.25. The fourth-order valence-corrected chi connectivity index (χ4v) is 4.58. The van der Waals surface area contributed by atoms with Crippen LogP contribution in [0.4, 0.5) is 5.69 Å². The molecule has 1 N–H and O–H groups in total. The standard InChI is InChI=1S/C24H26BrN5O2S/c1-14-6-8-20(9-7-14)32-11-19-10-21(33-12-19)24(31)26-23-16(3)28-30(18(23)5)13-29-17(4)22(25)15(2)27-29/h6-10,12H,11,13H2,1-5H3,(H,26,31). The summed E-state index contributed by atoms with van der Waals surface area (Å²) >= 11 is 4.96. The smallest absolute Gasteiger partial charge is 0.265 e. The number of aromatic nitrogens is 4. The molecule has 33 heavy (non-hydrogen) atoms. The molecule has 1 amide bonds. The predicted octanol–water partition coefficient (Wildman–Crippen LogP) is 5.78. The van der Waals surface area contributed by atoms with E-state index in [-0.39, 0.29) is 5.91 Å². The molecule has 0 unspecified atom stereocenters. The average molecular weight is 528 g/mol. The largest absolute Gasteiger partial charge is 0.489 e. The quantitative estimate of drug-likeness (QED) is 0.330. The van der Waals surface area contributed by atoms with Gasteiger partial charge in [0, 0.05) is 5.56 Å². The molecule has 0 radical (unpaired) electrons. The summed E-state index contributed by atoms with van der Waals surface area (Å²) in [5.74, 6) is 0.660. The van der Waals surface area contributed by atoms with Gasteiger partial charge in [0.05, 0.1) is 37.8 Å². The van der Waals surface area contributed by atoms with Crippen LogP contribution in [0.5, 0.6) is 5.75 Å². The molecular weight excluding hydrogens is 502 g/mol. The van der Waals surface area contributed by atoms with Crippen molar-refractivity contribution in [3.8, 4) is 5.75 Å². The van der Waals surface area contributed by atoms with E-state index >= 15 is 0 Å². The van der Waals surface area contributed by atoms with Crippen molar-refractivity contribution in [1.29, 1.82) is 0 Å². The second-order valence-corrected chi connectivity index (χ2v) is 9.75. The van der Waals surface area contributed by atoms with Crippen molar-refractivity contribution in [2.24, 2.45) is 0 Å². The number of carbonyl (C=O) groups excluding carboxylic acids is 1. The van der Waals surface area contributed by atoms with Crippen molar-refractivity contribution < 1.29 is 9.53 Å². The minimum Gasteiger partial charge on any atom is -0.489 e. The molecule has 1 aromatic carbocycles. The number of thiophene rings is 1. The van der Waals surface area contributed by atoms with Crippen molar-refractivity contribution in [3.63, 3.8) is 0 Å². The summed E-state index contributed by atoms with van der Waals surface area (Å²) in [5, 5.41) is 14.2. The van der Waals surface area contributed by atoms with Crippen LogP contribution in [-0.2, 0) is 13.3 Å². The molecule has 0 saturated carbocycles. The number of hydrogen-bond acceptors (Lipinski definition) is 5. The number of aryl methyl sites for hydroxylation is 3. The Morgan fingerprint density at radius 1 is 1.03 bits per heavy atom. The molecule has 7 nitrogen and oxygen atoms in total. The number of halogens is 1. The summed E-state index contributed by atoms with van der Waals surface area (Å²) in [6.07, 6.45) is 0. The fourth-order valence-electron chi connectivity index (χ4n) is 3.50. The molecule has 0 atom stereocenters. The Kier molecular flexibility index (Phi) is 6.71. The first kappa shape index (κ1) is 23.3. The number of nitrogens with one attached hydrogen (secondary N) is 1. The number of amides is 1. The Labute approximate surface area is 205 Å². The molecule has 3 heterocycles. The van der Waals surface area contributed by atoms with Crippen LogP contribution in [0, 0.1) is 34.6 Å². The van der Waals surface area contributed by atoms with Gasteiger partial charge in [-0.15, -0.1) is 11.3 Å². The van der Waals surface area contributed by atoms with Gasteiger partial charge in [-0.3, -0.25) is 4.79 Å². The van der Waals surface area contributed by atoms with Gasteiger partial charge in [-0.1, -0.05) is 17.7 Å². The van der Waals surface area contributed by atoms with E-state index in [1.54, 1.807) is 0 Å². The lowest BCUT2D eigenvalue weighted by atomic mass is 10.2. The Morgan fingerprint density at radius 2 is 1.70 bits per heavy atom. The molecule has 0 bridgehead atoms. The number of ether oxygens (including phenoxy) is 1. The Morgan fingerprint density at radius 3 is 2.36 bits per heavy atom. The highest BCUT2D eigenvalue weighted by Gasteiger charge is 2.18. The fraction of sp³-hybridized carbons (Fsp3) is 0.292. The minimum absolute atomic E-state index is 0.152. The van der Waals surface area contributed by atoms with E-state index in [2.05, 4.69) is 31.4 Å². The third kappa shape index (κ3) is 5.04. The number of benzene rings is 1. The molecule has 9 heteroatoms. The van der Waals surface area contributed by atoms with Gasteiger partial charge >= 0.3 is 0 Å². The van der Waals surface area contributed by atoms with E-state index in [1.165, 1.54) is 16.9 Å². The number of nitrogens with zero attached hydrogens (tertiary/aromatic N) is 4. The van der Waals surface area contributed by atoms with Crippen LogP contribution in [-0.4, -0.2) is 25.5 Å². The molecule has 0 aliphatic carbocycles. The zero-order valence-electron chi connectivity index (χ0n) is 19.3. The average Bonchev–Trinajstić information content (AvgIpc) is 3.44. The Balaban J connectivity index is 1.43. The van der Waals surface area contributed by atoms with Crippen LogP contribution in [0.15, 0.2) is 40.2 Å². The van der Waals surface area contributed by atoms with Gasteiger partial charge < -0.3 is 10.1 Å². The van der Waals surface area contributed by atoms with Crippen molar-refractivity contribution in [2.45, 2.75) is 47.9 Å². The molecule has 0 fully saturated rings. The first-order valence-corrected chi connectivity index (χ1v) is 12.2. The summed E-state index contributed by atoms with van der Waals surface area (Å²) in [6, 6.07) is 9.80. The van der Waals surface area contributed by atoms with Gasteiger partial charge in [0.15, 0.2) is 0 Å². The molecule has 0 aliphatic rings. The van der Waals surface area contributed by atoms with E-state index in [0.717, 1.165) is 44.2 Å². The monoisotopic (exact) mass is 527 g/mol. The third-order valence-corrected chi connectivity index (χ3v) is 7.61. The van der Waals surface area contributed by atoms with E-state index < -0.39 is 0 Å². The second kappa shape index (κ2) is 9.52. The summed E-state index contributed by atoms with van der Waals surface area (Å²) < 4.78 is 10.6. The molecular formula is C24H26BrN5O2S. The zero-order valence-corrected chi connectivity index (χ0v) is 21.7. The molecule has 0 aliphatic heterocycles. The van der Waals surface area contributed by atoms with Crippen LogP contribution in [0.1, 0.15) is 43.6 Å². The maximum absolute atomic E-state index is 12.9. The van der Waals surface area contributed by atoms with Gasteiger partial charge in [0.2, 0.25) is 0 Å². The molecule has 0 spiro atoms. The van der Waals surface area contributed by atoms with Gasteiger partial charge in [-0.2, -0.15) is 10.2 Å². The lowest BCUT2D eigenvalue weighted by Crippen LogP contribution is -2.15. The number of carbonyl (C=O) groups is 1. The van der Waals surface area contributed by atoms with Gasteiger partial charge in [0.1, 0.15) is 19.0 Å². The number of rotatable bonds is 7. The van der Waals surface area contributed by atoms with E-state index in [1.807, 2.05) is 79.7 Å². The predicted molar refractivity (Wildman–Crippen MR) is 134 cm³/mol. The summed E-state index contributed by atoms with van der Waals surface area (Å²) in [7, 11) is 0. The van der Waals surface area contributed by atoms with Gasteiger partial charge in [0.25, 0.3) is 5.91 Å². The van der Waals surface area contributed by atoms with E-state index in [4.69, 9.17) is 4.74 Å². The summed E-state index contributed by atoms with van der Waals surface area (Å²) in [6.45, 7) is 10.7. The molecule has 4 rings (SSSR count). The van der Waals surface area contributed by atoms with Crippen molar-refractivity contribution >= 4 is 38.9 Å². The SMILES string of the molecule is Cc1ccc(OCc2csc(C(=O)Nc3c(C)nn(Cn4nc(C)c(Br)c4C)c3C)c2)cc1. The number of anilines is 1. The van der Waals surface area contributed by atoms with Crippen LogP contribution >= 0.6 is 27.3 Å². The number of hydrogen-bond donors (Lipinski definition) is 1. The van der Waals surface area contributed by atoms with Crippen LogP contribution in [0.3, 0.4) is 0 Å². The Hall–Kier alpha value is -2.91. The lowest BCUT2D eigenvalue weighted by Gasteiger charge is -2.08. The maximum Gasteiger partial charge on any atom is 0.265 e. The van der Waals surface area contributed by atoms with Crippen LogP contribution < -0.4 is 10.1 Å². The van der Waals surface area contributed by atoms with Gasteiger partial charge in [-0.25, -0.2) is 9.36 Å². The van der Waals surface area contributed by atoms with Crippen LogP contribution in [0.25, 0.3) is 0 Å². The highest BCUT2D eigenvalue weighted by atomic mass is 79.9. The topological polar surface area (TPSA) is 74.0 Å². The Bertz CT molecular complexity index is 1300. The summed E-state index contributed by atoms with van der Waals surface area (Å²) in [5.41, 5.74) is 6.49. The molecule has 3 aromatic heterocycles. The lowest BCUT2D eigenvalue weighted by molar-refractivity contribution is 0.103. The molecule has 4 aromatic rings. The third-order valence-electron chi connectivity index (χ3n) is 5.49. The van der Waals surface area contributed by atoms with Crippen LogP contribution in [0.2, 0.25) is 0 Å². The normalized spacial score (nSPS) is 11.1.